The van der Waals surface area contributed by atoms with E-state index in [9.17, 15) is 36.7 Å². The highest BCUT2D eigenvalue weighted by atomic mass is 19.1. The fourth-order valence-corrected chi connectivity index (χ4v) is 9.34. The Morgan fingerprint density at radius 1 is 0.343 bits per heavy atom. The third-order valence-electron chi connectivity index (χ3n) is 13.8. The Hall–Kier alpha value is -13.2. The van der Waals surface area contributed by atoms with E-state index in [0.717, 1.165) is 35.4 Å². The number of rotatable bonds is 20. The van der Waals surface area contributed by atoms with Crippen LogP contribution in [0.3, 0.4) is 0 Å². The highest BCUT2D eigenvalue weighted by Crippen LogP contribution is 2.28. The first-order valence-corrected chi connectivity index (χ1v) is 31.1. The molecule has 0 aliphatic carbocycles. The molecule has 0 amide bonds. The van der Waals surface area contributed by atoms with Gasteiger partial charge in [0.2, 0.25) is 0 Å². The van der Waals surface area contributed by atoms with E-state index in [1.807, 2.05) is 64.1 Å². The predicted octanol–water partition coefficient (Wildman–Crippen LogP) is 14.3. The number of nitrogens with two attached hydrogens (primary N) is 1. The number of ether oxygens (including phenoxy) is 4. The molecule has 0 saturated heterocycles. The Kier molecular flexibility index (Phi) is 25.3. The second kappa shape index (κ2) is 35.3. The molecule has 102 heavy (non-hydrogen) atoms. The summed E-state index contributed by atoms with van der Waals surface area (Å²) in [7, 11) is 0. The Bertz CT molecular complexity index is 4910. The summed E-state index contributed by atoms with van der Waals surface area (Å²) in [5.41, 5.74) is 14.7. The van der Waals surface area contributed by atoms with Gasteiger partial charge in [0.05, 0.1) is 74.8 Å². The van der Waals surface area contributed by atoms with Crippen LogP contribution in [-0.2, 0) is 25.7 Å². The van der Waals surface area contributed by atoms with Crippen LogP contribution < -0.4 is 24.7 Å². The number of aryl methyl sites for hydroxylation is 7. The van der Waals surface area contributed by atoms with Gasteiger partial charge in [-0.3, -0.25) is 59.0 Å². The van der Waals surface area contributed by atoms with Crippen LogP contribution in [0.1, 0.15) is 110 Å². The van der Waals surface area contributed by atoms with Crippen molar-refractivity contribution in [3.8, 4) is 58.0 Å². The number of nitrogens with zero attached hydrogens (tertiary/aromatic N) is 12. The van der Waals surface area contributed by atoms with Gasteiger partial charge in [-0.25, -0.2) is 37.5 Å². The lowest BCUT2D eigenvalue weighted by atomic mass is 10.1. The fraction of sp³-hybridized carbons (Fsp3) is 0.143. The smallest absolute Gasteiger partial charge is 0.187 e. The highest BCUT2D eigenvalue weighted by Gasteiger charge is 2.18. The predicted molar refractivity (Wildman–Crippen MR) is 367 cm³/mol. The lowest BCUT2D eigenvalue weighted by molar-refractivity contribution is 0.0978. The van der Waals surface area contributed by atoms with Crippen LogP contribution in [0.25, 0.3) is 0 Å². The van der Waals surface area contributed by atoms with E-state index in [0.29, 0.717) is 85.6 Å². The van der Waals surface area contributed by atoms with Crippen LogP contribution in [0.4, 0.5) is 17.6 Å². The first-order valence-electron chi connectivity index (χ1n) is 31.1. The lowest BCUT2D eigenvalue weighted by Gasteiger charge is -2.09. The summed E-state index contributed by atoms with van der Waals surface area (Å²) in [6, 6.07) is 36.0. The monoisotopic (exact) mass is 1370 g/mol. The molecule has 2 N–H and O–H groups in total. The van der Waals surface area contributed by atoms with Crippen LogP contribution in [0.15, 0.2) is 196 Å². The molecule has 0 radical (unpaired) electrons. The van der Waals surface area contributed by atoms with Crippen LogP contribution in [0.2, 0.25) is 0 Å². The standard InChI is InChI=1S/C21H18N4O2.2C19H16FN3O2.C18H13F2N3O2/c1-14-3-4-17(24-11-14)9-21(26)20-10-18(7-15(2)25-20)27-19-8-16(5-6-22)12-23-13-19;1-12-3-4-15(22-9-12)7-19(24)18-8-16(5-13(2)23-18)25-17-6-14(20)10-21-11-17;1-12-4-3-5-15(22-12)8-19(24)18-9-16(6-13(2)23-18)25-17-7-14(20)10-21-11-17;1-11-4-15(25-16-6-13(20)9-21-10-16)8-17(23-11)18(24)7-14-5-12(19)2-3-22-14/h3-4,7-8,10-13H,9,22H2,1-2H3;3-6,8-11H,7H2,1-2H3;3-7,9-11H,8H2,1-2H3;2-6,8-10H,7H2,1H3. The van der Waals surface area contributed by atoms with Crippen LogP contribution >= 0.6 is 0 Å². The summed E-state index contributed by atoms with van der Waals surface area (Å²) in [6.45, 7) is 12.8. The van der Waals surface area contributed by atoms with Crippen molar-refractivity contribution < 1.29 is 55.7 Å². The summed E-state index contributed by atoms with van der Waals surface area (Å²) < 4.78 is 75.3. The van der Waals surface area contributed by atoms with Gasteiger partial charge in [-0.1, -0.05) is 18.2 Å². The summed E-state index contributed by atoms with van der Waals surface area (Å²) in [6.07, 6.45) is 15.7. The van der Waals surface area contributed by atoms with Crippen LogP contribution in [-0.4, -0.2) is 82.9 Å². The van der Waals surface area contributed by atoms with Crippen LogP contribution in [0.5, 0.6) is 46.0 Å². The maximum Gasteiger partial charge on any atom is 0.187 e. The minimum atomic E-state index is -0.531. The average Bonchev–Trinajstić information content (AvgIpc) is 0.858. The van der Waals surface area contributed by atoms with Gasteiger partial charge >= 0.3 is 0 Å². The average molecular weight is 1370 g/mol. The van der Waals surface area contributed by atoms with Gasteiger partial charge in [0.1, 0.15) is 92.0 Å². The zero-order valence-corrected chi connectivity index (χ0v) is 56.0. The van der Waals surface area contributed by atoms with Gasteiger partial charge in [-0.15, -0.1) is 0 Å². The number of pyridine rings is 12. The number of hydrogen-bond donors (Lipinski definition) is 1. The topological polar surface area (TPSA) is 286 Å². The van der Waals surface area contributed by atoms with Crippen molar-refractivity contribution in [3.05, 3.63) is 310 Å². The molecule has 0 spiro atoms. The Morgan fingerprint density at radius 3 is 1.07 bits per heavy atom. The molecular weight excluding hydrogens is 1310 g/mol. The SMILES string of the molecule is Cc1cc(Oc2cncc(F)c2)cc(C(=O)Cc2cc(F)ccn2)n1.Cc1ccc(CC(=O)c2cc(Oc3cncc(C#CN)c3)cc(C)n2)nc1.Cc1ccc(CC(=O)c2cc(Oc3cncc(F)c3)cc(C)n2)nc1.Cc1cccc(CC(=O)c2cc(Oc3cncc(F)c3)cc(C)n2)n1. The van der Waals surface area contributed by atoms with Gasteiger partial charge in [0, 0.05) is 149 Å². The first-order chi connectivity index (χ1) is 49.0. The van der Waals surface area contributed by atoms with Gasteiger partial charge in [-0.05, 0) is 108 Å². The molecule has 21 nitrogen and oxygen atoms in total. The minimum absolute atomic E-state index is 0.0881. The van der Waals surface area contributed by atoms with Crippen molar-refractivity contribution >= 4 is 23.1 Å². The second-order valence-electron chi connectivity index (χ2n) is 22.7. The van der Waals surface area contributed by atoms with Crippen molar-refractivity contribution in [3.63, 3.8) is 0 Å². The molecule has 512 valence electrons. The van der Waals surface area contributed by atoms with E-state index in [4.69, 9.17) is 24.7 Å². The van der Waals surface area contributed by atoms with Crippen molar-refractivity contribution in [1.29, 1.82) is 0 Å². The van der Waals surface area contributed by atoms with E-state index in [1.54, 1.807) is 88.0 Å². The zero-order valence-electron chi connectivity index (χ0n) is 56.0. The molecule has 12 aromatic heterocycles. The van der Waals surface area contributed by atoms with Gasteiger partial charge in [0.15, 0.2) is 23.1 Å². The summed E-state index contributed by atoms with van der Waals surface area (Å²) >= 11 is 0. The van der Waals surface area contributed by atoms with Crippen molar-refractivity contribution in [2.24, 2.45) is 5.73 Å². The van der Waals surface area contributed by atoms with Crippen molar-refractivity contribution in [2.45, 2.75) is 74.1 Å². The van der Waals surface area contributed by atoms with Gasteiger partial charge < -0.3 is 24.7 Å². The number of halogens is 4. The van der Waals surface area contributed by atoms with E-state index >= 15 is 0 Å². The van der Waals surface area contributed by atoms with Crippen molar-refractivity contribution in [2.75, 3.05) is 0 Å². The molecular formula is C77H63F4N13O8. The van der Waals surface area contributed by atoms with E-state index in [1.165, 1.54) is 73.3 Å². The molecule has 0 atom stereocenters. The molecule has 25 heteroatoms. The van der Waals surface area contributed by atoms with Gasteiger partial charge in [-0.2, -0.15) is 0 Å². The molecule has 0 aromatic carbocycles. The number of carbonyl (C=O) groups is 4. The number of hydrogen-bond acceptors (Lipinski definition) is 21. The van der Waals surface area contributed by atoms with Crippen LogP contribution in [0, 0.1) is 83.7 Å². The molecule has 0 bridgehead atoms. The third-order valence-corrected chi connectivity index (χ3v) is 13.8. The molecule has 12 heterocycles. The second-order valence-corrected chi connectivity index (χ2v) is 22.7. The van der Waals surface area contributed by atoms with E-state index < -0.39 is 23.3 Å². The third kappa shape index (κ3) is 23.2. The van der Waals surface area contributed by atoms with Gasteiger partial charge in [0.25, 0.3) is 0 Å². The first kappa shape index (κ1) is 73.0. The summed E-state index contributed by atoms with van der Waals surface area (Å²) in [5.74, 6) is 2.80. The lowest BCUT2D eigenvalue weighted by Crippen LogP contribution is -2.08. The molecule has 0 aliphatic rings. The molecule has 0 saturated carbocycles. The Labute approximate surface area is 583 Å². The highest BCUT2D eigenvalue weighted by molar-refractivity contribution is 5.97. The van der Waals surface area contributed by atoms with E-state index in [-0.39, 0.29) is 83.1 Å². The fourth-order valence-electron chi connectivity index (χ4n) is 9.34. The molecule has 12 aromatic rings. The maximum atomic E-state index is 13.2. The largest absolute Gasteiger partial charge is 0.456 e. The maximum absolute atomic E-state index is 13.2. The number of carbonyl (C=O) groups excluding carboxylic acids is 4. The Balaban J connectivity index is 0.000000158. The minimum Gasteiger partial charge on any atom is -0.456 e. The Morgan fingerprint density at radius 2 is 0.716 bits per heavy atom. The molecule has 0 fully saturated rings. The number of Topliss-reactive ketones (excluding diaryl/α,β-unsaturated/α-hetero) is 4. The number of aromatic nitrogens is 12. The number of ketones is 4. The zero-order chi connectivity index (χ0) is 72.7. The summed E-state index contributed by atoms with van der Waals surface area (Å²) in [4.78, 5) is 99.0. The molecule has 0 aliphatic heterocycles. The molecule has 12 rings (SSSR count). The summed E-state index contributed by atoms with van der Waals surface area (Å²) in [5, 5.41) is 0. The molecule has 0 unspecified atom stereocenters. The van der Waals surface area contributed by atoms with Crippen molar-refractivity contribution in [1.82, 2.24) is 59.8 Å². The normalized spacial score (nSPS) is 10.4. The quantitative estimate of drug-likeness (QED) is 0.0321. The van der Waals surface area contributed by atoms with E-state index in [2.05, 4.69) is 71.8 Å².